The Hall–Kier alpha value is -2.83. The summed E-state index contributed by atoms with van der Waals surface area (Å²) in [6.45, 7) is 1.53. The maximum Gasteiger partial charge on any atom is 0.240 e. The molecule has 2 aromatic rings. The lowest BCUT2D eigenvalue weighted by Gasteiger charge is -2.31. The van der Waals surface area contributed by atoms with E-state index in [0.717, 1.165) is 21.2 Å². The molecule has 12 heteroatoms. The summed E-state index contributed by atoms with van der Waals surface area (Å²) in [4.78, 5) is 42.6. The van der Waals surface area contributed by atoms with Gasteiger partial charge in [-0.05, 0) is 18.9 Å². The zero-order valence-corrected chi connectivity index (χ0v) is 19.1. The van der Waals surface area contributed by atoms with Crippen LogP contribution in [-0.4, -0.2) is 66.9 Å². The molecular formula is C20H25N5O5S2. The number of nitrogens with zero attached hydrogens (tertiary/aromatic N) is 3. The van der Waals surface area contributed by atoms with Gasteiger partial charge in [0.1, 0.15) is 6.04 Å². The number of sulfonamides is 1. The van der Waals surface area contributed by atoms with Gasteiger partial charge in [0.05, 0.1) is 18.2 Å². The first kappa shape index (κ1) is 23.8. The van der Waals surface area contributed by atoms with Crippen molar-refractivity contribution in [1.82, 2.24) is 14.6 Å². The predicted molar refractivity (Wildman–Crippen MR) is 120 cm³/mol. The molecule has 2 atom stereocenters. The van der Waals surface area contributed by atoms with E-state index in [2.05, 4.69) is 10.3 Å². The number of nitrogens with two attached hydrogens (primary N) is 1. The van der Waals surface area contributed by atoms with Crippen LogP contribution in [0.25, 0.3) is 0 Å². The smallest absolute Gasteiger partial charge is 0.240 e. The topological polar surface area (TPSA) is 143 Å². The summed E-state index contributed by atoms with van der Waals surface area (Å²) in [7, 11) is -3.94. The van der Waals surface area contributed by atoms with Crippen LogP contribution < -0.4 is 16.0 Å². The van der Waals surface area contributed by atoms with Crippen molar-refractivity contribution in [2.24, 2.45) is 11.7 Å². The molecule has 32 heavy (non-hydrogen) atoms. The fraction of sp³-hybridized carbons (Fsp3) is 0.400. The summed E-state index contributed by atoms with van der Waals surface area (Å²) in [5.74, 6) is -3.22. The molecule has 1 aliphatic heterocycles. The van der Waals surface area contributed by atoms with E-state index < -0.39 is 45.5 Å². The lowest BCUT2D eigenvalue weighted by atomic mass is 9.99. The fourth-order valence-electron chi connectivity index (χ4n) is 3.44. The van der Waals surface area contributed by atoms with E-state index in [1.807, 2.05) is 6.07 Å². The van der Waals surface area contributed by atoms with Crippen LogP contribution in [0.15, 0.2) is 41.9 Å². The molecule has 0 radical (unpaired) electrons. The molecular weight excluding hydrogens is 454 g/mol. The van der Waals surface area contributed by atoms with E-state index >= 15 is 0 Å². The molecule has 1 aromatic carbocycles. The van der Waals surface area contributed by atoms with Gasteiger partial charge >= 0.3 is 0 Å². The number of rotatable bonds is 9. The summed E-state index contributed by atoms with van der Waals surface area (Å²) in [5.41, 5.74) is 6.23. The van der Waals surface area contributed by atoms with Crippen LogP contribution in [0, 0.1) is 5.92 Å². The Labute approximate surface area is 190 Å². The fourth-order valence-corrected chi connectivity index (χ4v) is 5.83. The first-order valence-corrected chi connectivity index (χ1v) is 12.5. The highest BCUT2D eigenvalue weighted by Crippen LogP contribution is 2.25. The van der Waals surface area contributed by atoms with Crippen LogP contribution in [0.3, 0.4) is 0 Å². The third kappa shape index (κ3) is 5.69. The van der Waals surface area contributed by atoms with Crippen molar-refractivity contribution in [3.63, 3.8) is 0 Å². The summed E-state index contributed by atoms with van der Waals surface area (Å²) in [5, 5.41) is 4.50. The average Bonchev–Trinajstić information content (AvgIpc) is 3.28. The van der Waals surface area contributed by atoms with Crippen molar-refractivity contribution in [1.29, 1.82) is 0 Å². The highest BCUT2D eigenvalue weighted by Gasteiger charge is 2.38. The highest BCUT2D eigenvalue weighted by atomic mass is 32.2. The summed E-state index contributed by atoms with van der Waals surface area (Å²) in [6, 6.07) is 7.99. The number of carbonyl (C=O) groups is 3. The van der Waals surface area contributed by atoms with Crippen molar-refractivity contribution >= 4 is 44.2 Å². The maximum atomic E-state index is 13.6. The minimum Gasteiger partial charge on any atom is -0.368 e. The van der Waals surface area contributed by atoms with Crippen LogP contribution >= 0.6 is 11.3 Å². The number of hydrogen-bond acceptors (Lipinski definition) is 7. The van der Waals surface area contributed by atoms with Crippen molar-refractivity contribution in [2.75, 3.05) is 30.3 Å². The largest absolute Gasteiger partial charge is 0.368 e. The minimum absolute atomic E-state index is 0.131. The second-order valence-electron chi connectivity index (χ2n) is 7.45. The van der Waals surface area contributed by atoms with Crippen LogP contribution in [0.1, 0.15) is 12.5 Å². The molecule has 1 saturated heterocycles. The lowest BCUT2D eigenvalue weighted by Crippen LogP contribution is -2.53. The number of piperazine rings is 1. The molecule has 3 amide bonds. The van der Waals surface area contributed by atoms with Crippen LogP contribution in [0.4, 0.5) is 5.13 Å². The normalized spacial score (nSPS) is 16.7. The number of thiazole rings is 1. The first-order chi connectivity index (χ1) is 15.2. The van der Waals surface area contributed by atoms with E-state index in [1.54, 1.807) is 29.6 Å². The molecule has 1 fully saturated rings. The predicted octanol–water partition coefficient (Wildman–Crippen LogP) is -0.0296. The number of amides is 3. The summed E-state index contributed by atoms with van der Waals surface area (Å²) >= 11 is 1.15. The first-order valence-electron chi connectivity index (χ1n) is 9.99. The van der Waals surface area contributed by atoms with Gasteiger partial charge in [0.2, 0.25) is 27.7 Å². The molecule has 3 rings (SSSR count). The van der Waals surface area contributed by atoms with Crippen LogP contribution in [0.5, 0.6) is 0 Å². The van der Waals surface area contributed by atoms with Gasteiger partial charge in [-0.1, -0.05) is 30.3 Å². The number of benzene rings is 1. The third-order valence-electron chi connectivity index (χ3n) is 5.14. The SMILES string of the molecule is CC(C(N)=O)N(C(=O)C(Cc1ccccc1)CS(=O)(=O)N1CCNC(=O)C1)c1nccs1. The van der Waals surface area contributed by atoms with Gasteiger partial charge in [0.15, 0.2) is 5.13 Å². The van der Waals surface area contributed by atoms with Crippen molar-refractivity contribution < 1.29 is 22.8 Å². The van der Waals surface area contributed by atoms with E-state index in [0.29, 0.717) is 0 Å². The highest BCUT2D eigenvalue weighted by molar-refractivity contribution is 7.89. The molecule has 0 bridgehead atoms. The number of primary amides is 1. The Kier molecular flexibility index (Phi) is 7.59. The third-order valence-corrected chi connectivity index (χ3v) is 7.84. The maximum absolute atomic E-state index is 13.6. The number of nitrogens with one attached hydrogen (secondary N) is 1. The molecule has 2 unspecified atom stereocenters. The Morgan fingerprint density at radius 3 is 2.62 bits per heavy atom. The van der Waals surface area contributed by atoms with Gasteiger partial charge in [-0.3, -0.25) is 19.3 Å². The second-order valence-corrected chi connectivity index (χ2v) is 10.3. The van der Waals surface area contributed by atoms with Crippen molar-refractivity contribution in [3.8, 4) is 0 Å². The van der Waals surface area contributed by atoms with Crippen molar-refractivity contribution in [2.45, 2.75) is 19.4 Å². The van der Waals surface area contributed by atoms with E-state index in [1.165, 1.54) is 18.0 Å². The van der Waals surface area contributed by atoms with E-state index in [4.69, 9.17) is 5.73 Å². The average molecular weight is 480 g/mol. The quantitative estimate of drug-likeness (QED) is 0.517. The van der Waals surface area contributed by atoms with Gasteiger partial charge in [-0.25, -0.2) is 13.4 Å². The molecule has 172 valence electrons. The Bertz CT molecular complexity index is 1060. The molecule has 1 aromatic heterocycles. The van der Waals surface area contributed by atoms with E-state index in [9.17, 15) is 22.8 Å². The summed E-state index contributed by atoms with van der Waals surface area (Å²) in [6.07, 6.45) is 1.62. The molecule has 1 aliphatic rings. The zero-order valence-electron chi connectivity index (χ0n) is 17.5. The van der Waals surface area contributed by atoms with Crippen LogP contribution in [-0.2, 0) is 30.8 Å². The monoisotopic (exact) mass is 479 g/mol. The van der Waals surface area contributed by atoms with Crippen LogP contribution in [0.2, 0.25) is 0 Å². The summed E-state index contributed by atoms with van der Waals surface area (Å²) < 4.78 is 27.3. The molecule has 0 saturated carbocycles. The molecule has 10 nitrogen and oxygen atoms in total. The molecule has 3 N–H and O–H groups in total. The zero-order chi connectivity index (χ0) is 23.3. The number of aromatic nitrogens is 1. The van der Waals surface area contributed by atoms with Gasteiger partial charge in [-0.15, -0.1) is 11.3 Å². The molecule has 0 aliphatic carbocycles. The number of carbonyl (C=O) groups excluding carboxylic acids is 3. The lowest BCUT2D eigenvalue weighted by molar-refractivity contribution is -0.126. The Balaban J connectivity index is 1.94. The minimum atomic E-state index is -3.94. The molecule has 0 spiro atoms. The number of anilines is 1. The Morgan fingerprint density at radius 2 is 2.03 bits per heavy atom. The van der Waals surface area contributed by atoms with Crippen molar-refractivity contribution in [3.05, 3.63) is 47.5 Å². The van der Waals surface area contributed by atoms with Gasteiger partial charge < -0.3 is 11.1 Å². The van der Waals surface area contributed by atoms with Gasteiger partial charge in [0, 0.05) is 24.7 Å². The van der Waals surface area contributed by atoms with Gasteiger partial charge in [-0.2, -0.15) is 4.31 Å². The molecule has 2 heterocycles. The standard InChI is InChI=1S/C20H25N5O5S2/c1-14(18(21)27)25(20-23-8-10-31-20)19(28)16(11-15-5-3-2-4-6-15)13-32(29,30)24-9-7-22-17(26)12-24/h2-6,8,10,14,16H,7,9,11-13H2,1H3,(H2,21,27)(H,22,26). The Morgan fingerprint density at radius 1 is 1.31 bits per heavy atom. The van der Waals surface area contributed by atoms with Gasteiger partial charge in [0.25, 0.3) is 0 Å². The number of hydrogen-bond donors (Lipinski definition) is 2. The second kappa shape index (κ2) is 10.2. The van der Waals surface area contributed by atoms with E-state index in [-0.39, 0.29) is 31.2 Å².